The molecule has 1 rings (SSSR count). The van der Waals surface area contributed by atoms with Gasteiger partial charge in [-0.25, -0.2) is 0 Å². The van der Waals surface area contributed by atoms with Gasteiger partial charge in [-0.15, -0.1) is 0 Å². The highest BCUT2D eigenvalue weighted by atomic mass is 79.9. The zero-order chi connectivity index (χ0) is 10.7. The zero-order valence-corrected chi connectivity index (χ0v) is 9.01. The molecule has 0 atom stereocenters. The summed E-state index contributed by atoms with van der Waals surface area (Å²) in [6.45, 7) is 1.62. The number of nitrogens with zero attached hydrogens (tertiary/aromatic N) is 1. The predicted molar refractivity (Wildman–Crippen MR) is 54.6 cm³/mol. The van der Waals surface area contributed by atoms with Crippen LogP contribution in [0.5, 0.6) is 0 Å². The maximum absolute atomic E-state index is 11.3. The molecule has 0 aromatic carbocycles. The van der Waals surface area contributed by atoms with Crippen molar-refractivity contribution in [1.29, 1.82) is 5.26 Å². The van der Waals surface area contributed by atoms with Crippen molar-refractivity contribution in [3.63, 3.8) is 0 Å². The number of hydrogen-bond acceptors (Lipinski definition) is 3. The van der Waals surface area contributed by atoms with Gasteiger partial charge in [0.15, 0.2) is 5.78 Å². The number of rotatable bonds is 2. The van der Waals surface area contributed by atoms with E-state index in [1.165, 1.54) is 6.07 Å². The topological polar surface area (TPSA) is 73.7 Å². The van der Waals surface area contributed by atoms with Gasteiger partial charge in [0.25, 0.3) is 5.56 Å². The number of pyridine rings is 1. The minimum Gasteiger partial charge on any atom is -0.325 e. The molecule has 1 aromatic heterocycles. The number of nitrogens with one attached hydrogen (secondary N) is 1. The van der Waals surface area contributed by atoms with Crippen LogP contribution in [-0.4, -0.2) is 16.1 Å². The largest absolute Gasteiger partial charge is 0.325 e. The molecule has 0 aliphatic heterocycles. The molecule has 1 N–H and O–H groups in total. The van der Waals surface area contributed by atoms with E-state index in [2.05, 4.69) is 20.9 Å². The summed E-state index contributed by atoms with van der Waals surface area (Å²) in [7, 11) is 0. The van der Waals surface area contributed by atoms with Gasteiger partial charge in [-0.05, 0) is 13.0 Å². The first-order valence-corrected chi connectivity index (χ1v) is 4.95. The Labute approximate surface area is 88.7 Å². The Bertz CT molecular complexity index is 471. The third kappa shape index (κ3) is 1.91. The van der Waals surface area contributed by atoms with Crippen molar-refractivity contribution in [3.05, 3.63) is 33.2 Å². The number of alkyl halides is 1. The van der Waals surface area contributed by atoms with E-state index < -0.39 is 5.56 Å². The van der Waals surface area contributed by atoms with Gasteiger partial charge in [0.1, 0.15) is 11.6 Å². The Morgan fingerprint density at radius 3 is 2.86 bits per heavy atom. The third-order valence-corrected chi connectivity index (χ3v) is 2.29. The Morgan fingerprint density at radius 1 is 1.71 bits per heavy atom. The lowest BCUT2D eigenvalue weighted by molar-refractivity contribution is 0.102. The first-order valence-electron chi connectivity index (χ1n) is 3.83. The van der Waals surface area contributed by atoms with Crippen LogP contribution in [0.3, 0.4) is 0 Å². The van der Waals surface area contributed by atoms with Crippen LogP contribution < -0.4 is 5.56 Å². The number of Topliss-reactive ketones (excluding diaryl/α,β-unsaturated/α-hetero) is 1. The number of aryl methyl sites for hydroxylation is 1. The number of nitriles is 1. The average Bonchev–Trinajstić information content (AvgIpc) is 2.17. The lowest BCUT2D eigenvalue weighted by atomic mass is 10.1. The summed E-state index contributed by atoms with van der Waals surface area (Å²) in [4.78, 5) is 24.9. The van der Waals surface area contributed by atoms with E-state index in [4.69, 9.17) is 5.26 Å². The van der Waals surface area contributed by atoms with Gasteiger partial charge in [0, 0.05) is 11.3 Å². The van der Waals surface area contributed by atoms with Crippen LogP contribution in [0, 0.1) is 18.3 Å². The molecule has 5 heteroatoms. The molecule has 1 heterocycles. The maximum Gasteiger partial charge on any atom is 0.266 e. The van der Waals surface area contributed by atoms with Gasteiger partial charge >= 0.3 is 0 Å². The van der Waals surface area contributed by atoms with Crippen molar-refractivity contribution >= 4 is 21.7 Å². The molecule has 0 saturated carbocycles. The number of aromatic nitrogens is 1. The second kappa shape index (κ2) is 4.20. The Balaban J connectivity index is 3.41. The van der Waals surface area contributed by atoms with Crippen LogP contribution in [0.15, 0.2) is 10.9 Å². The second-order valence-corrected chi connectivity index (χ2v) is 3.28. The molecule has 0 spiro atoms. The lowest BCUT2D eigenvalue weighted by Gasteiger charge is -2.01. The van der Waals surface area contributed by atoms with Crippen LogP contribution in [0.2, 0.25) is 0 Å². The summed E-state index contributed by atoms with van der Waals surface area (Å²) in [5.74, 6) is -0.157. The Morgan fingerprint density at radius 2 is 2.36 bits per heavy atom. The molecule has 72 valence electrons. The molecule has 1 aromatic rings. The highest BCUT2D eigenvalue weighted by Gasteiger charge is 2.11. The standard InChI is InChI=1S/C9H7BrN2O2/c1-5-7(8(13)3-10)2-6(4-11)9(14)12-5/h2H,3H2,1H3,(H,12,14). The van der Waals surface area contributed by atoms with Crippen molar-refractivity contribution in [2.45, 2.75) is 6.92 Å². The number of ketones is 1. The van der Waals surface area contributed by atoms with E-state index in [1.54, 1.807) is 13.0 Å². The predicted octanol–water partition coefficient (Wildman–Crippen LogP) is 1.13. The highest BCUT2D eigenvalue weighted by molar-refractivity contribution is 9.09. The minimum absolute atomic E-state index is 0.0418. The summed E-state index contributed by atoms with van der Waals surface area (Å²) in [6, 6.07) is 3.05. The fraction of sp³-hybridized carbons (Fsp3) is 0.222. The maximum atomic E-state index is 11.3. The van der Waals surface area contributed by atoms with Gasteiger partial charge in [0.2, 0.25) is 0 Å². The number of carbonyl (C=O) groups excluding carboxylic acids is 1. The molecule has 4 nitrogen and oxygen atoms in total. The van der Waals surface area contributed by atoms with E-state index in [0.29, 0.717) is 11.3 Å². The van der Waals surface area contributed by atoms with E-state index in [1.807, 2.05) is 0 Å². The van der Waals surface area contributed by atoms with Crippen LogP contribution >= 0.6 is 15.9 Å². The first-order chi connectivity index (χ1) is 6.60. The third-order valence-electron chi connectivity index (χ3n) is 1.78. The number of H-pyrrole nitrogens is 1. The summed E-state index contributed by atoms with van der Waals surface area (Å²) in [5.41, 5.74) is 0.354. The van der Waals surface area contributed by atoms with Crippen molar-refractivity contribution in [2.24, 2.45) is 0 Å². The van der Waals surface area contributed by atoms with Gasteiger partial charge in [0.05, 0.1) is 5.33 Å². The Kier molecular flexibility index (Phi) is 3.20. The highest BCUT2D eigenvalue weighted by Crippen LogP contribution is 2.06. The van der Waals surface area contributed by atoms with Crippen molar-refractivity contribution in [1.82, 2.24) is 4.98 Å². The van der Waals surface area contributed by atoms with Crippen LogP contribution in [0.25, 0.3) is 0 Å². The molecule has 0 fully saturated rings. The Hall–Kier alpha value is -1.41. The zero-order valence-electron chi connectivity index (χ0n) is 7.43. The SMILES string of the molecule is Cc1[nH]c(=O)c(C#N)cc1C(=O)CBr. The molecule has 0 amide bonds. The second-order valence-electron chi connectivity index (χ2n) is 2.72. The summed E-state index contributed by atoms with van der Waals surface area (Å²) in [6.07, 6.45) is 0. The number of carbonyl (C=O) groups is 1. The number of halogens is 1. The van der Waals surface area contributed by atoms with E-state index >= 15 is 0 Å². The molecule has 0 bridgehead atoms. The molecule has 14 heavy (non-hydrogen) atoms. The van der Waals surface area contributed by atoms with Crippen molar-refractivity contribution < 1.29 is 4.79 Å². The normalized spacial score (nSPS) is 9.50. The van der Waals surface area contributed by atoms with Crippen LogP contribution in [0.1, 0.15) is 21.6 Å². The molecule has 0 unspecified atom stereocenters. The van der Waals surface area contributed by atoms with Crippen molar-refractivity contribution in [3.8, 4) is 6.07 Å². The van der Waals surface area contributed by atoms with Crippen LogP contribution in [-0.2, 0) is 0 Å². The molecule has 0 aliphatic carbocycles. The fourth-order valence-electron chi connectivity index (χ4n) is 1.07. The smallest absolute Gasteiger partial charge is 0.266 e. The summed E-state index contributed by atoms with van der Waals surface area (Å²) >= 11 is 3.03. The first kappa shape index (κ1) is 10.7. The molecular formula is C9H7BrN2O2. The molecule has 0 aliphatic rings. The van der Waals surface area contributed by atoms with E-state index in [0.717, 1.165) is 0 Å². The van der Waals surface area contributed by atoms with E-state index in [-0.39, 0.29) is 16.7 Å². The summed E-state index contributed by atoms with van der Waals surface area (Å²) < 4.78 is 0. The van der Waals surface area contributed by atoms with Gasteiger partial charge in [-0.3, -0.25) is 9.59 Å². The van der Waals surface area contributed by atoms with Gasteiger partial charge in [-0.2, -0.15) is 5.26 Å². The fourth-order valence-corrected chi connectivity index (χ4v) is 1.37. The minimum atomic E-state index is -0.462. The molecular weight excluding hydrogens is 248 g/mol. The lowest BCUT2D eigenvalue weighted by Crippen LogP contribution is -2.16. The monoisotopic (exact) mass is 254 g/mol. The molecule has 0 saturated heterocycles. The van der Waals surface area contributed by atoms with Crippen LogP contribution in [0.4, 0.5) is 0 Å². The molecule has 0 radical (unpaired) electrons. The average molecular weight is 255 g/mol. The van der Waals surface area contributed by atoms with Gasteiger partial charge < -0.3 is 4.98 Å². The van der Waals surface area contributed by atoms with E-state index in [9.17, 15) is 9.59 Å². The quantitative estimate of drug-likeness (QED) is 0.635. The van der Waals surface area contributed by atoms with Gasteiger partial charge in [-0.1, -0.05) is 15.9 Å². The van der Waals surface area contributed by atoms with Crippen molar-refractivity contribution in [2.75, 3.05) is 5.33 Å². The number of aromatic amines is 1. The number of hydrogen-bond donors (Lipinski definition) is 1. The summed E-state index contributed by atoms with van der Waals surface area (Å²) in [5, 5.41) is 8.77.